The van der Waals surface area contributed by atoms with Gasteiger partial charge in [-0.05, 0) is 34.6 Å². The van der Waals surface area contributed by atoms with Gasteiger partial charge in [-0.1, -0.05) is 0 Å². The molecule has 0 amide bonds. The first kappa shape index (κ1) is 36.0. The molecule has 0 saturated heterocycles. The van der Waals surface area contributed by atoms with E-state index in [4.69, 9.17) is 25.5 Å². The quantitative estimate of drug-likeness (QED) is 0.384. The third kappa shape index (κ3) is 11100. The van der Waals surface area contributed by atoms with Gasteiger partial charge in [0.2, 0.25) is 0 Å². The van der Waals surface area contributed by atoms with Crippen molar-refractivity contribution in [2.75, 3.05) is 33.0 Å². The summed E-state index contributed by atoms with van der Waals surface area (Å²) in [6.07, 6.45) is 0. The molecule has 0 radical (unpaired) electrons. The Hall–Kier alpha value is 0.488. The fraction of sp³-hybridized carbons (Fsp3) is 1.00. The van der Waals surface area contributed by atoms with Crippen LogP contribution in [0.15, 0.2) is 0 Å². The summed E-state index contributed by atoms with van der Waals surface area (Å²) in [5, 5.41) is 37.8. The summed E-state index contributed by atoms with van der Waals surface area (Å²) in [6, 6.07) is 0. The van der Waals surface area contributed by atoms with Crippen LogP contribution < -0.4 is 0 Å². The maximum Gasteiger partial charge on any atom is 0.0402 e. The molecule has 5 N–H and O–H groups in total. The Labute approximate surface area is 114 Å². The number of hydrogen-bond acceptors (Lipinski definition) is 5. The minimum absolute atomic E-state index is 0. The maximum absolute atomic E-state index is 7.57. The van der Waals surface area contributed by atoms with Gasteiger partial charge in [-0.3, -0.25) is 0 Å². The smallest absolute Gasteiger partial charge is 0.0402 e. The average molecular weight is 414 g/mol. The molecule has 6 heteroatoms. The second-order valence-corrected chi connectivity index (χ2v) is 1.58. The number of rotatable bonds is 0. The van der Waals surface area contributed by atoms with E-state index < -0.39 is 0 Å². The summed E-state index contributed by atoms with van der Waals surface area (Å²) in [5.74, 6) is 0. The summed E-state index contributed by atoms with van der Waals surface area (Å²) in [7, 11) is 0. The Morgan fingerprint density at radius 2 is 0.438 bits per heavy atom. The van der Waals surface area contributed by atoms with Crippen molar-refractivity contribution in [1.82, 2.24) is 0 Å². The Bertz CT molecular complexity index is 30.8. The maximum atomic E-state index is 7.57. The fourth-order valence-corrected chi connectivity index (χ4v) is 0. The van der Waals surface area contributed by atoms with Crippen LogP contribution in [0.4, 0.5) is 0 Å². The third-order valence-corrected chi connectivity index (χ3v) is 0. The standard InChI is InChI=1S/5C2H6O.W/c5*1-2-3;/h5*3H,2H2,1H3;. The molecule has 0 spiro atoms. The fourth-order valence-electron chi connectivity index (χ4n) is 0. The molecule has 0 aliphatic carbocycles. The molecular formula is C10H30O5W. The van der Waals surface area contributed by atoms with Crippen molar-refractivity contribution in [3.05, 3.63) is 0 Å². The molecule has 0 heterocycles. The van der Waals surface area contributed by atoms with Crippen molar-refractivity contribution < 1.29 is 46.6 Å². The van der Waals surface area contributed by atoms with Gasteiger partial charge in [0.05, 0.1) is 0 Å². The van der Waals surface area contributed by atoms with Gasteiger partial charge in [-0.2, -0.15) is 0 Å². The van der Waals surface area contributed by atoms with E-state index >= 15 is 0 Å². The Morgan fingerprint density at radius 1 is 0.438 bits per heavy atom. The van der Waals surface area contributed by atoms with Gasteiger partial charge in [0, 0.05) is 54.1 Å². The van der Waals surface area contributed by atoms with Gasteiger partial charge < -0.3 is 25.5 Å². The predicted molar refractivity (Wildman–Crippen MR) is 63.8 cm³/mol. The largest absolute Gasteiger partial charge is 0.397 e. The molecule has 0 bridgehead atoms. The summed E-state index contributed by atoms with van der Waals surface area (Å²) < 4.78 is 0. The van der Waals surface area contributed by atoms with Crippen LogP contribution >= 0.6 is 0 Å². The zero-order valence-corrected chi connectivity index (χ0v) is 14.1. The van der Waals surface area contributed by atoms with Gasteiger partial charge in [0.15, 0.2) is 0 Å². The zero-order valence-electron chi connectivity index (χ0n) is 11.2. The van der Waals surface area contributed by atoms with Gasteiger partial charge >= 0.3 is 0 Å². The topological polar surface area (TPSA) is 101 Å². The van der Waals surface area contributed by atoms with Gasteiger partial charge in [0.1, 0.15) is 0 Å². The van der Waals surface area contributed by atoms with Crippen LogP contribution in [0.25, 0.3) is 0 Å². The molecule has 0 rings (SSSR count). The second-order valence-electron chi connectivity index (χ2n) is 1.58. The Balaban J connectivity index is -0.0000000192. The number of aliphatic hydroxyl groups excluding tert-OH is 5. The molecule has 0 aromatic heterocycles. The molecular weight excluding hydrogens is 384 g/mol. The van der Waals surface area contributed by atoms with Crippen LogP contribution in [-0.4, -0.2) is 58.6 Å². The van der Waals surface area contributed by atoms with Crippen molar-refractivity contribution >= 4 is 0 Å². The van der Waals surface area contributed by atoms with E-state index in [-0.39, 0.29) is 54.1 Å². The predicted octanol–water partition coefficient (Wildman–Crippen LogP) is -0.00950. The van der Waals surface area contributed by atoms with Crippen LogP contribution in [0.3, 0.4) is 0 Å². The summed E-state index contributed by atoms with van der Waals surface area (Å²) in [6.45, 7) is 9.65. The van der Waals surface area contributed by atoms with E-state index in [0.29, 0.717) is 0 Å². The van der Waals surface area contributed by atoms with E-state index in [9.17, 15) is 0 Å². The first-order chi connectivity index (χ1) is 7.07. The molecule has 5 nitrogen and oxygen atoms in total. The van der Waals surface area contributed by atoms with E-state index in [1.165, 1.54) is 0 Å². The van der Waals surface area contributed by atoms with Crippen molar-refractivity contribution in [2.24, 2.45) is 0 Å². The molecule has 106 valence electrons. The summed E-state index contributed by atoms with van der Waals surface area (Å²) in [5.41, 5.74) is 0. The molecule has 0 aromatic rings. The van der Waals surface area contributed by atoms with Crippen LogP contribution in [0.2, 0.25) is 0 Å². The number of aliphatic hydroxyl groups is 5. The van der Waals surface area contributed by atoms with E-state index in [1.54, 1.807) is 34.6 Å². The van der Waals surface area contributed by atoms with Crippen molar-refractivity contribution in [3.63, 3.8) is 0 Å². The van der Waals surface area contributed by atoms with E-state index in [2.05, 4.69) is 0 Å². The average Bonchev–Trinajstić information content (AvgIpc) is 2.09. The van der Waals surface area contributed by atoms with Crippen molar-refractivity contribution in [1.29, 1.82) is 0 Å². The summed E-state index contributed by atoms with van der Waals surface area (Å²) in [4.78, 5) is 0. The molecule has 0 saturated carbocycles. The Morgan fingerprint density at radius 3 is 0.438 bits per heavy atom. The number of hydrogen-bond donors (Lipinski definition) is 5. The molecule has 0 unspecified atom stereocenters. The minimum Gasteiger partial charge on any atom is -0.397 e. The first-order valence-corrected chi connectivity index (χ1v) is 5.12. The zero-order chi connectivity index (χ0) is 13.5. The van der Waals surface area contributed by atoms with Crippen molar-refractivity contribution in [2.45, 2.75) is 34.6 Å². The normalized spacial score (nSPS) is 5.62. The summed E-state index contributed by atoms with van der Waals surface area (Å²) >= 11 is 0. The van der Waals surface area contributed by atoms with Crippen molar-refractivity contribution in [3.8, 4) is 0 Å². The van der Waals surface area contributed by atoms with Crippen LogP contribution in [0, 0.1) is 0 Å². The molecule has 0 aliphatic heterocycles. The molecule has 0 aliphatic rings. The first-order valence-electron chi connectivity index (χ1n) is 5.12. The molecule has 0 fully saturated rings. The van der Waals surface area contributed by atoms with E-state index in [0.717, 1.165) is 0 Å². The van der Waals surface area contributed by atoms with Gasteiger partial charge in [-0.25, -0.2) is 0 Å². The minimum atomic E-state index is 0. The van der Waals surface area contributed by atoms with Crippen LogP contribution in [-0.2, 0) is 21.1 Å². The second kappa shape index (κ2) is 108. The molecule has 0 aromatic carbocycles. The SMILES string of the molecule is CCO.CCO.CCO.CCO.CCO.[W]. The molecule has 16 heavy (non-hydrogen) atoms. The van der Waals surface area contributed by atoms with E-state index in [1.807, 2.05) is 0 Å². The van der Waals surface area contributed by atoms with Gasteiger partial charge in [-0.15, -0.1) is 0 Å². The molecule has 0 atom stereocenters. The van der Waals surface area contributed by atoms with Crippen LogP contribution in [0.5, 0.6) is 0 Å². The van der Waals surface area contributed by atoms with Crippen LogP contribution in [0.1, 0.15) is 34.6 Å². The Kier molecular flexibility index (Phi) is 243. The third-order valence-electron chi connectivity index (χ3n) is 0. The monoisotopic (exact) mass is 414 g/mol. The van der Waals surface area contributed by atoms with Gasteiger partial charge in [0.25, 0.3) is 0 Å².